The Labute approximate surface area is 141 Å². The highest BCUT2D eigenvalue weighted by molar-refractivity contribution is 5.85. The average molecular weight is 327 g/mol. The van der Waals surface area contributed by atoms with Crippen LogP contribution in [0.4, 0.5) is 0 Å². The van der Waals surface area contributed by atoms with Gasteiger partial charge >= 0.3 is 0 Å². The number of benzene rings is 1. The predicted molar refractivity (Wildman–Crippen MR) is 96.5 cm³/mol. The fourth-order valence-electron chi connectivity index (χ4n) is 2.87. The third-order valence-electron chi connectivity index (χ3n) is 4.79. The van der Waals surface area contributed by atoms with Crippen LogP contribution in [0.15, 0.2) is 24.3 Å². The van der Waals surface area contributed by atoms with E-state index >= 15 is 0 Å². The van der Waals surface area contributed by atoms with Crippen molar-refractivity contribution in [3.05, 3.63) is 35.4 Å². The Hall–Kier alpha value is -1.06. The van der Waals surface area contributed by atoms with Crippen LogP contribution in [0, 0.1) is 12.3 Å². The maximum atomic E-state index is 12.5. The molecule has 0 spiro atoms. The first-order valence-corrected chi connectivity index (χ1v) is 7.87. The van der Waals surface area contributed by atoms with Gasteiger partial charge in [-0.25, -0.2) is 0 Å². The summed E-state index contributed by atoms with van der Waals surface area (Å²) in [4.78, 5) is 12.5. The lowest BCUT2D eigenvalue weighted by atomic mass is 9.79. The van der Waals surface area contributed by atoms with E-state index in [0.717, 1.165) is 12.8 Å². The highest BCUT2D eigenvalue weighted by Gasteiger charge is 2.34. The molecule has 0 heterocycles. The standard InChI is InChI=1S/C18H30N2O.ClH/c1-6-18(7-2,12-19)16(21)20-13-17(4,5)15-11-9-8-10-14(15)3;/h8-11H,6-7,12-13,19H2,1-5H3,(H,20,21);1H. The summed E-state index contributed by atoms with van der Waals surface area (Å²) in [6.45, 7) is 11.5. The molecule has 4 heteroatoms. The molecule has 1 aromatic carbocycles. The molecule has 0 aliphatic carbocycles. The summed E-state index contributed by atoms with van der Waals surface area (Å²) in [5.74, 6) is 0.0802. The van der Waals surface area contributed by atoms with E-state index in [-0.39, 0.29) is 23.7 Å². The second kappa shape index (κ2) is 8.54. The largest absolute Gasteiger partial charge is 0.355 e. The van der Waals surface area contributed by atoms with Crippen LogP contribution < -0.4 is 11.1 Å². The summed E-state index contributed by atoms with van der Waals surface area (Å²) in [6, 6.07) is 8.34. The Morgan fingerprint density at radius 2 is 1.73 bits per heavy atom. The fourth-order valence-corrected chi connectivity index (χ4v) is 2.87. The number of amides is 1. The summed E-state index contributed by atoms with van der Waals surface area (Å²) in [7, 11) is 0. The van der Waals surface area contributed by atoms with Gasteiger partial charge in [-0.1, -0.05) is 52.0 Å². The molecule has 1 amide bonds. The highest BCUT2D eigenvalue weighted by Crippen LogP contribution is 2.28. The molecular formula is C18H31ClN2O. The number of nitrogens with two attached hydrogens (primary N) is 1. The number of carbonyl (C=O) groups excluding carboxylic acids is 1. The Balaban J connectivity index is 0.00000441. The quantitative estimate of drug-likeness (QED) is 0.804. The maximum Gasteiger partial charge on any atom is 0.227 e. The molecule has 1 rings (SSSR count). The molecule has 0 aromatic heterocycles. The average Bonchev–Trinajstić information content (AvgIpc) is 2.48. The summed E-state index contributed by atoms with van der Waals surface area (Å²) in [5.41, 5.74) is 7.85. The zero-order chi connectivity index (χ0) is 16.1. The van der Waals surface area contributed by atoms with Crippen molar-refractivity contribution in [2.75, 3.05) is 13.1 Å². The number of rotatable bonds is 7. The van der Waals surface area contributed by atoms with Gasteiger partial charge in [-0.3, -0.25) is 4.79 Å². The molecule has 3 nitrogen and oxygen atoms in total. The van der Waals surface area contributed by atoms with Crippen molar-refractivity contribution in [3.63, 3.8) is 0 Å². The Morgan fingerprint density at radius 3 is 2.18 bits per heavy atom. The smallest absolute Gasteiger partial charge is 0.227 e. The molecule has 0 atom stereocenters. The Morgan fingerprint density at radius 1 is 1.18 bits per heavy atom. The van der Waals surface area contributed by atoms with Gasteiger partial charge in [0.15, 0.2) is 0 Å². The van der Waals surface area contributed by atoms with Crippen LogP contribution >= 0.6 is 12.4 Å². The number of carbonyl (C=O) groups is 1. The summed E-state index contributed by atoms with van der Waals surface area (Å²) < 4.78 is 0. The number of aryl methyl sites for hydroxylation is 1. The van der Waals surface area contributed by atoms with Crippen molar-refractivity contribution in [2.45, 2.75) is 52.9 Å². The van der Waals surface area contributed by atoms with Gasteiger partial charge in [-0.05, 0) is 30.9 Å². The lowest BCUT2D eigenvalue weighted by molar-refractivity contribution is -0.131. The van der Waals surface area contributed by atoms with Crippen molar-refractivity contribution < 1.29 is 4.79 Å². The van der Waals surface area contributed by atoms with Gasteiger partial charge < -0.3 is 11.1 Å². The lowest BCUT2D eigenvalue weighted by Gasteiger charge is -2.32. The van der Waals surface area contributed by atoms with Crippen molar-refractivity contribution in [3.8, 4) is 0 Å². The minimum Gasteiger partial charge on any atom is -0.355 e. The van der Waals surface area contributed by atoms with Crippen LogP contribution in [0.5, 0.6) is 0 Å². The minimum atomic E-state index is -0.429. The fraction of sp³-hybridized carbons (Fsp3) is 0.611. The van der Waals surface area contributed by atoms with Crippen molar-refractivity contribution >= 4 is 18.3 Å². The molecule has 22 heavy (non-hydrogen) atoms. The molecule has 0 saturated heterocycles. The van der Waals surface area contributed by atoms with E-state index in [1.54, 1.807) is 0 Å². The topological polar surface area (TPSA) is 55.1 Å². The third kappa shape index (κ3) is 4.47. The summed E-state index contributed by atoms with van der Waals surface area (Å²) in [6.07, 6.45) is 1.55. The molecule has 0 bridgehead atoms. The van der Waals surface area contributed by atoms with Gasteiger partial charge in [-0.2, -0.15) is 0 Å². The lowest BCUT2D eigenvalue weighted by Crippen LogP contribution is -2.48. The minimum absolute atomic E-state index is 0. The highest BCUT2D eigenvalue weighted by atomic mass is 35.5. The molecule has 0 saturated carbocycles. The van der Waals surface area contributed by atoms with Gasteiger partial charge in [0.25, 0.3) is 0 Å². The number of halogens is 1. The van der Waals surface area contributed by atoms with Gasteiger partial charge in [0.1, 0.15) is 0 Å². The molecule has 0 aliphatic rings. The molecule has 0 fully saturated rings. The molecule has 3 N–H and O–H groups in total. The zero-order valence-electron chi connectivity index (χ0n) is 14.5. The first kappa shape index (κ1) is 20.9. The number of hydrogen-bond acceptors (Lipinski definition) is 2. The second-order valence-electron chi connectivity index (χ2n) is 6.57. The van der Waals surface area contributed by atoms with E-state index < -0.39 is 5.41 Å². The molecule has 0 aliphatic heterocycles. The van der Waals surface area contributed by atoms with Crippen LogP contribution in [0.1, 0.15) is 51.7 Å². The van der Waals surface area contributed by atoms with Crippen LogP contribution in [0.25, 0.3) is 0 Å². The monoisotopic (exact) mass is 326 g/mol. The molecule has 0 radical (unpaired) electrons. The van der Waals surface area contributed by atoms with Crippen LogP contribution in [-0.2, 0) is 10.2 Å². The first-order chi connectivity index (χ1) is 9.83. The second-order valence-corrected chi connectivity index (χ2v) is 6.57. The normalized spacial score (nSPS) is 11.7. The Bertz CT molecular complexity index is 473. The van der Waals surface area contributed by atoms with E-state index in [2.05, 4.69) is 38.2 Å². The van der Waals surface area contributed by atoms with E-state index in [1.165, 1.54) is 11.1 Å². The van der Waals surface area contributed by atoms with Crippen LogP contribution in [-0.4, -0.2) is 19.0 Å². The zero-order valence-corrected chi connectivity index (χ0v) is 15.3. The summed E-state index contributed by atoms with van der Waals surface area (Å²) in [5, 5.41) is 3.12. The van der Waals surface area contributed by atoms with Crippen molar-refractivity contribution in [2.24, 2.45) is 11.1 Å². The van der Waals surface area contributed by atoms with Gasteiger partial charge in [0, 0.05) is 18.5 Å². The number of nitrogens with one attached hydrogen (secondary N) is 1. The van der Waals surface area contributed by atoms with Crippen LogP contribution in [0.2, 0.25) is 0 Å². The van der Waals surface area contributed by atoms with E-state index in [4.69, 9.17) is 5.73 Å². The van der Waals surface area contributed by atoms with Gasteiger partial charge in [0.05, 0.1) is 5.41 Å². The molecular weight excluding hydrogens is 296 g/mol. The van der Waals surface area contributed by atoms with E-state index in [9.17, 15) is 4.79 Å². The van der Waals surface area contributed by atoms with Gasteiger partial charge in [-0.15, -0.1) is 12.4 Å². The molecule has 0 unspecified atom stereocenters. The van der Waals surface area contributed by atoms with Crippen LogP contribution in [0.3, 0.4) is 0 Å². The summed E-state index contributed by atoms with van der Waals surface area (Å²) >= 11 is 0. The Kier molecular flexibility index (Phi) is 8.13. The van der Waals surface area contributed by atoms with Crippen molar-refractivity contribution in [1.82, 2.24) is 5.32 Å². The van der Waals surface area contributed by atoms with Gasteiger partial charge in [0.2, 0.25) is 5.91 Å². The first-order valence-electron chi connectivity index (χ1n) is 7.87. The number of hydrogen-bond donors (Lipinski definition) is 2. The molecule has 1 aromatic rings. The predicted octanol–water partition coefficient (Wildman–Crippen LogP) is 3.58. The van der Waals surface area contributed by atoms with Crippen molar-refractivity contribution in [1.29, 1.82) is 0 Å². The van der Waals surface area contributed by atoms with E-state index in [0.29, 0.717) is 13.1 Å². The maximum absolute atomic E-state index is 12.5. The molecule has 126 valence electrons. The SMILES string of the molecule is CCC(CC)(CN)C(=O)NCC(C)(C)c1ccccc1C.Cl. The van der Waals surface area contributed by atoms with E-state index in [1.807, 2.05) is 26.0 Å². The third-order valence-corrected chi connectivity index (χ3v) is 4.79.